The molecule has 0 saturated heterocycles. The first kappa shape index (κ1) is 28.1. The number of hydrogen-bond donors (Lipinski definition) is 1. The van der Waals surface area contributed by atoms with Crippen LogP contribution in [-0.4, -0.2) is 29.0 Å². The third kappa shape index (κ3) is 6.02. The monoisotopic (exact) mass is 578 g/mol. The van der Waals surface area contributed by atoms with E-state index in [-0.39, 0.29) is 34.9 Å². The molecule has 0 saturated carbocycles. The van der Waals surface area contributed by atoms with E-state index in [0.717, 1.165) is 18.3 Å². The fourth-order valence-corrected chi connectivity index (χ4v) is 5.13. The van der Waals surface area contributed by atoms with Gasteiger partial charge in [-0.15, -0.1) is 0 Å². The molecule has 2 aromatic heterocycles. The number of methoxy groups -OCH3 is 1. The van der Waals surface area contributed by atoms with Crippen LogP contribution in [0.5, 0.6) is 0 Å². The molecule has 0 spiro atoms. The van der Waals surface area contributed by atoms with Crippen molar-refractivity contribution in [2.75, 3.05) is 12.4 Å². The molecule has 1 atom stereocenters. The Kier molecular flexibility index (Phi) is 8.21. The zero-order chi connectivity index (χ0) is 29.1. The summed E-state index contributed by atoms with van der Waals surface area (Å²) in [6.45, 7) is 0. The van der Waals surface area contributed by atoms with E-state index in [9.17, 15) is 23.6 Å². The molecular weight excluding hydrogens is 554 g/mol. The summed E-state index contributed by atoms with van der Waals surface area (Å²) in [5.74, 6) is -2.87. The van der Waals surface area contributed by atoms with Crippen LogP contribution in [-0.2, 0) is 20.7 Å². The van der Waals surface area contributed by atoms with Crippen molar-refractivity contribution in [2.24, 2.45) is 0 Å². The van der Waals surface area contributed by atoms with E-state index in [1.807, 2.05) is 0 Å². The van der Waals surface area contributed by atoms with Gasteiger partial charge in [0.2, 0.25) is 11.6 Å². The average Bonchev–Trinajstić information content (AvgIpc) is 2.95. The van der Waals surface area contributed by atoms with E-state index >= 15 is 0 Å². The molecule has 11 heteroatoms. The summed E-state index contributed by atoms with van der Waals surface area (Å²) >= 11 is 5.85. The van der Waals surface area contributed by atoms with Crippen molar-refractivity contribution in [3.63, 3.8) is 0 Å². The van der Waals surface area contributed by atoms with Gasteiger partial charge in [0.25, 0.3) is 0 Å². The van der Waals surface area contributed by atoms with Gasteiger partial charge in [-0.25, -0.2) is 18.7 Å². The Bertz CT molecular complexity index is 1650. The Morgan fingerprint density at radius 2 is 1.98 bits per heavy atom. The van der Waals surface area contributed by atoms with E-state index in [4.69, 9.17) is 16.3 Å². The van der Waals surface area contributed by atoms with Crippen molar-refractivity contribution >= 4 is 29.2 Å². The third-order valence-electron chi connectivity index (χ3n) is 7.04. The summed E-state index contributed by atoms with van der Waals surface area (Å²) in [5.41, 5.74) is 2.85. The maximum Gasteiger partial charge on any atom is 0.309 e. The number of benzene rings is 2. The maximum absolute atomic E-state index is 14.6. The lowest BCUT2D eigenvalue weighted by Gasteiger charge is -2.19. The van der Waals surface area contributed by atoms with Crippen LogP contribution in [0, 0.1) is 16.8 Å². The molecule has 0 aliphatic carbocycles. The first-order valence-corrected chi connectivity index (χ1v) is 13.3. The summed E-state index contributed by atoms with van der Waals surface area (Å²) in [6.07, 6.45) is 4.44. The fraction of sp³-hybridized carbons (Fsp3) is 0.233. The Morgan fingerprint density at radius 3 is 2.76 bits per heavy atom. The molecule has 1 aliphatic rings. The molecule has 4 aromatic rings. The molecule has 1 N–H and O–H groups in total. The maximum atomic E-state index is 14.6. The summed E-state index contributed by atoms with van der Waals surface area (Å²) in [5, 5.41) is 16.0. The number of nitrogens with zero attached hydrogens (tertiary/aromatic N) is 3. The second-order valence-electron chi connectivity index (χ2n) is 9.69. The van der Waals surface area contributed by atoms with Crippen LogP contribution in [0.2, 0.25) is 5.02 Å². The minimum absolute atomic E-state index is 0.0409. The number of amides is 1. The van der Waals surface area contributed by atoms with Crippen molar-refractivity contribution in [1.29, 1.82) is 0 Å². The molecule has 210 valence electrons. The van der Waals surface area contributed by atoms with Crippen molar-refractivity contribution in [3.05, 3.63) is 99.9 Å². The van der Waals surface area contributed by atoms with Gasteiger partial charge in [0.15, 0.2) is 12.0 Å². The largest absolute Gasteiger partial charge is 0.618 e. The summed E-state index contributed by atoms with van der Waals surface area (Å²) in [7, 11) is 1.31. The molecule has 2 bridgehead atoms. The SMILES string of the molecule is COC(=O)Cc1ccc2c(c1)NC(=O)CCCC[C@H](c1ccc(-c3c(F)ccc(Cl)c3F)c[n+]1[O-])c1cc-2ncn1. The van der Waals surface area contributed by atoms with Gasteiger partial charge in [0.1, 0.15) is 12.1 Å². The van der Waals surface area contributed by atoms with Crippen LogP contribution in [0.1, 0.15) is 48.6 Å². The van der Waals surface area contributed by atoms with Crippen LogP contribution < -0.4 is 10.0 Å². The lowest BCUT2D eigenvalue weighted by Crippen LogP contribution is -2.34. The molecule has 3 heterocycles. The predicted molar refractivity (Wildman–Crippen MR) is 148 cm³/mol. The lowest BCUT2D eigenvalue weighted by molar-refractivity contribution is -0.614. The van der Waals surface area contributed by atoms with E-state index in [1.165, 1.54) is 25.6 Å². The van der Waals surface area contributed by atoms with Gasteiger partial charge in [0, 0.05) is 18.1 Å². The number of fused-ring (bicyclic) bond motifs is 4. The van der Waals surface area contributed by atoms with E-state index in [1.54, 1.807) is 24.3 Å². The van der Waals surface area contributed by atoms with Gasteiger partial charge in [-0.3, -0.25) is 9.59 Å². The number of rotatable bonds is 4. The van der Waals surface area contributed by atoms with Gasteiger partial charge in [-0.1, -0.05) is 30.2 Å². The van der Waals surface area contributed by atoms with Gasteiger partial charge in [0.05, 0.1) is 52.7 Å². The molecule has 1 amide bonds. The second-order valence-corrected chi connectivity index (χ2v) is 10.1. The second kappa shape index (κ2) is 12.0. The molecule has 5 rings (SSSR count). The topological polar surface area (TPSA) is 108 Å². The van der Waals surface area contributed by atoms with Crippen LogP contribution >= 0.6 is 11.6 Å². The number of ether oxygens (including phenoxy) is 1. The zero-order valence-electron chi connectivity index (χ0n) is 22.0. The normalized spacial score (nSPS) is 15.2. The number of carbonyl (C=O) groups excluding carboxylic acids is 2. The predicted octanol–water partition coefficient (Wildman–Crippen LogP) is 5.74. The van der Waals surface area contributed by atoms with Crippen LogP contribution in [0.3, 0.4) is 0 Å². The number of esters is 1. The quantitative estimate of drug-likeness (QED) is 0.143. The number of aromatic nitrogens is 3. The number of carbonyl (C=O) groups is 2. The van der Waals surface area contributed by atoms with Crippen molar-refractivity contribution < 1.29 is 27.8 Å². The van der Waals surface area contributed by atoms with Crippen LogP contribution in [0.4, 0.5) is 14.5 Å². The number of pyridine rings is 1. The Labute approximate surface area is 239 Å². The Balaban J connectivity index is 1.57. The van der Waals surface area contributed by atoms with E-state index in [0.29, 0.717) is 57.9 Å². The molecule has 0 unspecified atom stereocenters. The standard InChI is InChI=1S/C30H25ClF2N4O4/c1-41-28(39)13-17-6-8-19-23-14-24(35-16-34-23)20(4-2-3-5-27(38)36-25(19)12-17)26-11-7-18(15-37(26)40)29-22(32)10-9-21(31)30(29)33/h6-12,14-16,20H,2-5,13H2,1H3,(H,36,38)/t20-/m0/s1. The molecule has 1 aliphatic heterocycles. The van der Waals surface area contributed by atoms with E-state index < -0.39 is 23.5 Å². The molecule has 0 radical (unpaired) electrons. The first-order valence-electron chi connectivity index (χ1n) is 12.9. The summed E-state index contributed by atoms with van der Waals surface area (Å²) < 4.78 is 34.5. The molecular formula is C30H25ClF2N4O4. The number of nitrogens with one attached hydrogen (secondary N) is 1. The highest BCUT2D eigenvalue weighted by atomic mass is 35.5. The number of halogens is 3. The van der Waals surface area contributed by atoms with Crippen molar-refractivity contribution in [1.82, 2.24) is 9.97 Å². The van der Waals surface area contributed by atoms with E-state index in [2.05, 4.69) is 15.3 Å². The molecule has 41 heavy (non-hydrogen) atoms. The fourth-order valence-electron chi connectivity index (χ4n) is 4.97. The molecule has 2 aromatic carbocycles. The number of hydrogen-bond acceptors (Lipinski definition) is 6. The highest BCUT2D eigenvalue weighted by Gasteiger charge is 2.27. The average molecular weight is 579 g/mol. The number of anilines is 1. The Hall–Kier alpha value is -4.44. The van der Waals surface area contributed by atoms with Crippen LogP contribution in [0.25, 0.3) is 22.4 Å². The zero-order valence-corrected chi connectivity index (χ0v) is 22.8. The molecule has 0 fully saturated rings. The molecule has 8 nitrogen and oxygen atoms in total. The van der Waals surface area contributed by atoms with Crippen molar-refractivity contribution in [3.8, 4) is 22.4 Å². The van der Waals surface area contributed by atoms with Gasteiger partial charge >= 0.3 is 5.97 Å². The lowest BCUT2D eigenvalue weighted by atomic mass is 9.91. The highest BCUT2D eigenvalue weighted by Crippen LogP contribution is 2.35. The minimum Gasteiger partial charge on any atom is -0.618 e. The first-order chi connectivity index (χ1) is 19.7. The third-order valence-corrected chi connectivity index (χ3v) is 7.33. The Morgan fingerprint density at radius 1 is 1.15 bits per heavy atom. The van der Waals surface area contributed by atoms with Crippen molar-refractivity contribution in [2.45, 2.75) is 38.0 Å². The minimum atomic E-state index is -0.947. The van der Waals surface area contributed by atoms with Gasteiger partial charge in [-0.2, -0.15) is 4.73 Å². The van der Waals surface area contributed by atoms with Gasteiger partial charge < -0.3 is 15.3 Å². The summed E-state index contributed by atoms with van der Waals surface area (Å²) in [6, 6.07) is 12.2. The highest BCUT2D eigenvalue weighted by molar-refractivity contribution is 6.31. The van der Waals surface area contributed by atoms with Gasteiger partial charge in [-0.05, 0) is 48.7 Å². The smallest absolute Gasteiger partial charge is 0.309 e. The summed E-state index contributed by atoms with van der Waals surface area (Å²) in [4.78, 5) is 33.5. The van der Waals surface area contributed by atoms with Crippen LogP contribution in [0.15, 0.2) is 61.1 Å².